The molecule has 1 aliphatic heterocycles. The fourth-order valence-electron chi connectivity index (χ4n) is 2.12. The van der Waals surface area contributed by atoms with Crippen molar-refractivity contribution in [3.63, 3.8) is 0 Å². The lowest BCUT2D eigenvalue weighted by Crippen LogP contribution is -2.48. The largest absolute Gasteiger partial charge is 0.376 e. The van der Waals surface area contributed by atoms with Crippen LogP contribution in [0.15, 0.2) is 22.7 Å². The standard InChI is InChI=1S/C12H17BrN2/c1-4-15-8-12(2,3)14-11-9(13)6-5-7-10(11)15/h5-7,14H,4,8H2,1-3H3. The predicted octanol–water partition coefficient (Wildman–Crippen LogP) is 3.48. The van der Waals surface area contributed by atoms with Crippen molar-refractivity contribution in [2.75, 3.05) is 23.3 Å². The van der Waals surface area contributed by atoms with Crippen molar-refractivity contribution in [1.82, 2.24) is 0 Å². The molecule has 2 rings (SSSR count). The van der Waals surface area contributed by atoms with E-state index in [4.69, 9.17) is 0 Å². The van der Waals surface area contributed by atoms with Crippen LogP contribution in [0.2, 0.25) is 0 Å². The first-order valence-electron chi connectivity index (χ1n) is 5.35. The average molecular weight is 269 g/mol. The summed E-state index contributed by atoms with van der Waals surface area (Å²) in [5.41, 5.74) is 2.65. The second-order valence-electron chi connectivity index (χ2n) is 4.66. The molecule has 0 amide bonds. The van der Waals surface area contributed by atoms with E-state index in [1.807, 2.05) is 0 Å². The zero-order chi connectivity index (χ0) is 11.1. The molecule has 0 saturated heterocycles. The summed E-state index contributed by atoms with van der Waals surface area (Å²) < 4.78 is 1.14. The molecule has 0 bridgehead atoms. The van der Waals surface area contributed by atoms with Crippen molar-refractivity contribution >= 4 is 27.3 Å². The number of nitrogens with one attached hydrogen (secondary N) is 1. The summed E-state index contributed by atoms with van der Waals surface area (Å²) in [7, 11) is 0. The summed E-state index contributed by atoms with van der Waals surface area (Å²) in [6, 6.07) is 6.35. The van der Waals surface area contributed by atoms with Gasteiger partial charge in [0, 0.05) is 23.1 Å². The number of rotatable bonds is 1. The van der Waals surface area contributed by atoms with Crippen LogP contribution in [0, 0.1) is 0 Å². The van der Waals surface area contributed by atoms with Gasteiger partial charge in [-0.15, -0.1) is 0 Å². The molecule has 0 atom stereocenters. The Hall–Kier alpha value is -0.700. The van der Waals surface area contributed by atoms with Gasteiger partial charge in [0.2, 0.25) is 0 Å². The van der Waals surface area contributed by atoms with E-state index in [0.29, 0.717) is 0 Å². The van der Waals surface area contributed by atoms with Gasteiger partial charge < -0.3 is 10.2 Å². The monoisotopic (exact) mass is 268 g/mol. The van der Waals surface area contributed by atoms with Crippen LogP contribution in [0.1, 0.15) is 20.8 Å². The molecule has 15 heavy (non-hydrogen) atoms. The maximum Gasteiger partial charge on any atom is 0.0727 e. The lowest BCUT2D eigenvalue weighted by Gasteiger charge is -2.42. The van der Waals surface area contributed by atoms with Crippen molar-refractivity contribution in [2.24, 2.45) is 0 Å². The Morgan fingerprint density at radius 3 is 2.87 bits per heavy atom. The van der Waals surface area contributed by atoms with Crippen LogP contribution in [0.5, 0.6) is 0 Å². The van der Waals surface area contributed by atoms with E-state index in [0.717, 1.165) is 17.6 Å². The van der Waals surface area contributed by atoms with Crippen molar-refractivity contribution in [3.05, 3.63) is 22.7 Å². The molecular formula is C12H17BrN2. The Morgan fingerprint density at radius 2 is 2.20 bits per heavy atom. The first-order valence-corrected chi connectivity index (χ1v) is 6.14. The highest BCUT2D eigenvalue weighted by Gasteiger charge is 2.29. The summed E-state index contributed by atoms with van der Waals surface area (Å²) in [5.74, 6) is 0. The highest BCUT2D eigenvalue weighted by molar-refractivity contribution is 9.10. The number of nitrogens with zero attached hydrogens (tertiary/aromatic N) is 1. The molecule has 3 heteroatoms. The normalized spacial score (nSPS) is 18.3. The second-order valence-corrected chi connectivity index (χ2v) is 5.51. The van der Waals surface area contributed by atoms with Crippen molar-refractivity contribution in [1.29, 1.82) is 0 Å². The Balaban J connectivity index is 2.49. The molecule has 0 aromatic heterocycles. The third-order valence-electron chi connectivity index (χ3n) is 2.76. The minimum absolute atomic E-state index is 0.132. The van der Waals surface area contributed by atoms with E-state index in [9.17, 15) is 0 Å². The van der Waals surface area contributed by atoms with E-state index in [2.05, 4.69) is 65.1 Å². The molecule has 1 aliphatic rings. The van der Waals surface area contributed by atoms with Gasteiger partial charge in [-0.2, -0.15) is 0 Å². The van der Waals surface area contributed by atoms with Gasteiger partial charge in [-0.3, -0.25) is 0 Å². The smallest absolute Gasteiger partial charge is 0.0727 e. The van der Waals surface area contributed by atoms with Crippen LogP contribution in [0.4, 0.5) is 11.4 Å². The van der Waals surface area contributed by atoms with Crippen LogP contribution in [0.25, 0.3) is 0 Å². The van der Waals surface area contributed by atoms with Crippen LogP contribution in [-0.2, 0) is 0 Å². The maximum atomic E-state index is 3.60. The highest BCUT2D eigenvalue weighted by atomic mass is 79.9. The quantitative estimate of drug-likeness (QED) is 0.839. The minimum atomic E-state index is 0.132. The third-order valence-corrected chi connectivity index (χ3v) is 3.42. The predicted molar refractivity (Wildman–Crippen MR) is 69.7 cm³/mol. The van der Waals surface area contributed by atoms with Crippen LogP contribution >= 0.6 is 15.9 Å². The fraction of sp³-hybridized carbons (Fsp3) is 0.500. The zero-order valence-corrected chi connectivity index (χ0v) is 11.1. The van der Waals surface area contributed by atoms with Gasteiger partial charge in [-0.05, 0) is 48.8 Å². The zero-order valence-electron chi connectivity index (χ0n) is 9.47. The molecule has 82 valence electrons. The lowest BCUT2D eigenvalue weighted by molar-refractivity contribution is 0.536. The number of halogens is 1. The average Bonchev–Trinajstić information content (AvgIpc) is 2.17. The summed E-state index contributed by atoms with van der Waals surface area (Å²) in [5, 5.41) is 3.58. The molecule has 2 nitrogen and oxygen atoms in total. The molecule has 0 saturated carbocycles. The summed E-state index contributed by atoms with van der Waals surface area (Å²) in [6.07, 6.45) is 0. The Morgan fingerprint density at radius 1 is 1.47 bits per heavy atom. The molecule has 0 radical (unpaired) electrons. The Kier molecular flexibility index (Phi) is 2.67. The molecular weight excluding hydrogens is 252 g/mol. The number of hydrogen-bond donors (Lipinski definition) is 1. The molecule has 0 aliphatic carbocycles. The van der Waals surface area contributed by atoms with E-state index in [1.165, 1.54) is 11.4 Å². The Bertz CT molecular complexity index is 374. The summed E-state index contributed by atoms with van der Waals surface area (Å²) >= 11 is 3.60. The van der Waals surface area contributed by atoms with Gasteiger partial charge in [0.25, 0.3) is 0 Å². The number of fused-ring (bicyclic) bond motifs is 1. The van der Waals surface area contributed by atoms with Gasteiger partial charge in [0.05, 0.1) is 11.4 Å². The fourth-order valence-corrected chi connectivity index (χ4v) is 2.58. The second kappa shape index (κ2) is 3.71. The number of anilines is 2. The molecule has 0 spiro atoms. The molecule has 0 unspecified atom stereocenters. The highest BCUT2D eigenvalue weighted by Crippen LogP contribution is 2.39. The van der Waals surface area contributed by atoms with Crippen LogP contribution in [0.3, 0.4) is 0 Å². The number of hydrogen-bond acceptors (Lipinski definition) is 2. The number of likely N-dealkylation sites (N-methyl/N-ethyl adjacent to an activating group) is 1. The van der Waals surface area contributed by atoms with Gasteiger partial charge in [-0.1, -0.05) is 6.07 Å². The van der Waals surface area contributed by atoms with Gasteiger partial charge >= 0.3 is 0 Å². The minimum Gasteiger partial charge on any atom is -0.376 e. The van der Waals surface area contributed by atoms with Gasteiger partial charge in [-0.25, -0.2) is 0 Å². The molecule has 0 fully saturated rings. The first kappa shape index (κ1) is 10.8. The van der Waals surface area contributed by atoms with Crippen LogP contribution < -0.4 is 10.2 Å². The first-order chi connectivity index (χ1) is 7.03. The third kappa shape index (κ3) is 1.98. The lowest BCUT2D eigenvalue weighted by atomic mass is 9.99. The van der Waals surface area contributed by atoms with Gasteiger partial charge in [0.15, 0.2) is 0 Å². The topological polar surface area (TPSA) is 15.3 Å². The van der Waals surface area contributed by atoms with Crippen molar-refractivity contribution in [3.8, 4) is 0 Å². The van der Waals surface area contributed by atoms with E-state index in [1.54, 1.807) is 0 Å². The summed E-state index contributed by atoms with van der Waals surface area (Å²) in [6.45, 7) is 8.77. The molecule has 1 aromatic rings. The summed E-state index contributed by atoms with van der Waals surface area (Å²) in [4.78, 5) is 2.41. The maximum absolute atomic E-state index is 3.60. The molecule has 1 heterocycles. The van der Waals surface area contributed by atoms with E-state index >= 15 is 0 Å². The molecule has 1 N–H and O–H groups in total. The van der Waals surface area contributed by atoms with E-state index < -0.39 is 0 Å². The van der Waals surface area contributed by atoms with Crippen LogP contribution in [-0.4, -0.2) is 18.6 Å². The molecule has 1 aromatic carbocycles. The number of para-hydroxylation sites is 1. The number of benzene rings is 1. The van der Waals surface area contributed by atoms with E-state index in [-0.39, 0.29) is 5.54 Å². The van der Waals surface area contributed by atoms with Crippen molar-refractivity contribution < 1.29 is 0 Å². The van der Waals surface area contributed by atoms with Gasteiger partial charge in [0.1, 0.15) is 0 Å². The van der Waals surface area contributed by atoms with Crippen molar-refractivity contribution in [2.45, 2.75) is 26.3 Å². The SMILES string of the molecule is CCN1CC(C)(C)Nc2c(Br)cccc21. The Labute approximate surface area is 99.8 Å².